The fourth-order valence-corrected chi connectivity index (χ4v) is 4.76. The maximum absolute atomic E-state index is 12.5. The number of aromatic nitrogens is 1. The highest BCUT2D eigenvalue weighted by atomic mass is 35.5. The van der Waals surface area contributed by atoms with E-state index in [0.29, 0.717) is 11.4 Å². The third kappa shape index (κ3) is 4.50. The smallest absolute Gasteiger partial charge is 0.229 e. The molecule has 0 radical (unpaired) electrons. The van der Waals surface area contributed by atoms with Crippen LogP contribution in [0.4, 0.5) is 5.69 Å². The molecular formula is C24H21ClN2OS. The van der Waals surface area contributed by atoms with Crippen LogP contribution in [0.2, 0.25) is 5.02 Å². The first kappa shape index (κ1) is 19.6. The number of thiazole rings is 1. The maximum atomic E-state index is 12.5. The number of nitrogens with zero attached hydrogens (tertiary/aromatic N) is 1. The predicted molar refractivity (Wildman–Crippen MR) is 122 cm³/mol. The number of aryl methyl sites for hydroxylation is 2. The third-order valence-electron chi connectivity index (χ3n) is 4.94. The van der Waals surface area contributed by atoms with Gasteiger partial charge >= 0.3 is 0 Å². The minimum absolute atomic E-state index is 0.0427. The van der Waals surface area contributed by atoms with Gasteiger partial charge in [0.2, 0.25) is 5.91 Å². The molecule has 29 heavy (non-hydrogen) atoms. The van der Waals surface area contributed by atoms with E-state index in [4.69, 9.17) is 16.6 Å². The summed E-state index contributed by atoms with van der Waals surface area (Å²) in [4.78, 5) is 18.3. The normalized spacial score (nSPS) is 11.0. The molecule has 0 fully saturated rings. The van der Waals surface area contributed by atoms with Gasteiger partial charge in [0.05, 0.1) is 17.1 Å². The monoisotopic (exact) mass is 420 g/mol. The first-order valence-corrected chi connectivity index (χ1v) is 10.7. The second kappa shape index (κ2) is 8.36. The Morgan fingerprint density at radius 3 is 2.69 bits per heavy atom. The van der Waals surface area contributed by atoms with Crippen LogP contribution in [-0.4, -0.2) is 10.9 Å². The number of halogens is 1. The third-order valence-corrected chi connectivity index (χ3v) is 6.33. The van der Waals surface area contributed by atoms with Crippen molar-refractivity contribution < 1.29 is 4.79 Å². The largest absolute Gasteiger partial charge is 0.326 e. The summed E-state index contributed by atoms with van der Waals surface area (Å²) < 4.78 is 0. The molecule has 4 rings (SSSR count). The van der Waals surface area contributed by atoms with Crippen LogP contribution in [0.3, 0.4) is 0 Å². The topological polar surface area (TPSA) is 42.0 Å². The first-order valence-electron chi connectivity index (χ1n) is 9.47. The highest BCUT2D eigenvalue weighted by molar-refractivity contribution is 7.11. The van der Waals surface area contributed by atoms with Gasteiger partial charge in [0.15, 0.2) is 0 Å². The van der Waals surface area contributed by atoms with E-state index < -0.39 is 0 Å². The summed E-state index contributed by atoms with van der Waals surface area (Å²) in [6, 6.07) is 20.2. The van der Waals surface area contributed by atoms with Crippen LogP contribution in [0.25, 0.3) is 10.8 Å². The van der Waals surface area contributed by atoms with Gasteiger partial charge in [0.25, 0.3) is 0 Å². The van der Waals surface area contributed by atoms with Gasteiger partial charge in [-0.05, 0) is 53.9 Å². The number of carbonyl (C=O) groups is 1. The van der Waals surface area contributed by atoms with Crippen LogP contribution in [0, 0.1) is 13.8 Å². The van der Waals surface area contributed by atoms with Crippen molar-refractivity contribution in [2.75, 3.05) is 5.32 Å². The lowest BCUT2D eigenvalue weighted by Gasteiger charge is -2.08. The molecule has 4 aromatic rings. The van der Waals surface area contributed by atoms with Gasteiger partial charge in [-0.2, -0.15) is 0 Å². The lowest BCUT2D eigenvalue weighted by atomic mass is 10.0. The lowest BCUT2D eigenvalue weighted by molar-refractivity contribution is -0.115. The maximum Gasteiger partial charge on any atom is 0.229 e. The summed E-state index contributed by atoms with van der Waals surface area (Å²) in [6.07, 6.45) is 1.09. The van der Waals surface area contributed by atoms with Crippen molar-refractivity contribution in [1.82, 2.24) is 4.98 Å². The van der Waals surface area contributed by atoms with Crippen LogP contribution in [0.1, 0.15) is 26.7 Å². The summed E-state index contributed by atoms with van der Waals surface area (Å²) in [7, 11) is 0. The number of fused-ring (bicyclic) bond motifs is 1. The molecule has 0 aliphatic rings. The number of carbonyl (C=O) groups excluding carboxylic acids is 1. The molecular weight excluding hydrogens is 400 g/mol. The van der Waals surface area contributed by atoms with Gasteiger partial charge in [-0.25, -0.2) is 4.98 Å². The van der Waals surface area contributed by atoms with Crippen molar-refractivity contribution in [3.8, 4) is 0 Å². The van der Waals surface area contributed by atoms with E-state index >= 15 is 0 Å². The average Bonchev–Trinajstić information content (AvgIpc) is 3.03. The molecule has 0 aliphatic heterocycles. The number of nitrogens with one attached hydrogen (secondary N) is 1. The highest BCUT2D eigenvalue weighted by Gasteiger charge is 2.14. The Morgan fingerprint density at radius 2 is 1.86 bits per heavy atom. The van der Waals surface area contributed by atoms with E-state index in [2.05, 4.69) is 47.8 Å². The first-order chi connectivity index (χ1) is 14.0. The predicted octanol–water partition coefficient (Wildman–Crippen LogP) is 6.34. The highest BCUT2D eigenvalue weighted by Crippen LogP contribution is 2.26. The van der Waals surface area contributed by atoms with Crippen molar-refractivity contribution >= 4 is 45.3 Å². The van der Waals surface area contributed by atoms with E-state index in [1.807, 2.05) is 26.0 Å². The molecule has 3 nitrogen and oxygen atoms in total. The Hall–Kier alpha value is -2.69. The van der Waals surface area contributed by atoms with Crippen LogP contribution in [0.15, 0.2) is 60.7 Å². The summed E-state index contributed by atoms with van der Waals surface area (Å²) in [5, 5.41) is 7.16. The molecule has 1 amide bonds. The average molecular weight is 421 g/mol. The summed E-state index contributed by atoms with van der Waals surface area (Å²) in [6.45, 7) is 3.90. The number of hydrogen-bond donors (Lipinski definition) is 1. The standard InChI is InChI=1S/C24H21ClN2OS/c1-15-12-19(25)10-11-21(15)27-23(28)14-22-16(2)26-24(29-22)13-18-8-5-7-17-6-3-4-9-20(17)18/h3-12H,13-14H2,1-2H3,(H,27,28). The minimum atomic E-state index is -0.0427. The van der Waals surface area contributed by atoms with E-state index in [0.717, 1.165) is 33.3 Å². The molecule has 1 N–H and O–H groups in total. The van der Waals surface area contributed by atoms with E-state index in [9.17, 15) is 4.79 Å². The number of rotatable bonds is 5. The van der Waals surface area contributed by atoms with E-state index in [1.54, 1.807) is 17.4 Å². The zero-order valence-corrected chi connectivity index (χ0v) is 17.9. The molecule has 3 aromatic carbocycles. The number of anilines is 1. The lowest BCUT2D eigenvalue weighted by Crippen LogP contribution is -2.15. The molecule has 5 heteroatoms. The van der Waals surface area contributed by atoms with Crippen molar-refractivity contribution in [2.24, 2.45) is 0 Å². The number of hydrogen-bond acceptors (Lipinski definition) is 3. The molecule has 0 saturated heterocycles. The van der Waals surface area contributed by atoms with Crippen molar-refractivity contribution in [1.29, 1.82) is 0 Å². The van der Waals surface area contributed by atoms with Gasteiger partial charge in [-0.3, -0.25) is 4.79 Å². The van der Waals surface area contributed by atoms with E-state index in [-0.39, 0.29) is 5.91 Å². The zero-order valence-electron chi connectivity index (χ0n) is 16.3. The summed E-state index contributed by atoms with van der Waals surface area (Å²) >= 11 is 7.61. The number of amides is 1. The van der Waals surface area contributed by atoms with Crippen molar-refractivity contribution in [2.45, 2.75) is 26.7 Å². The van der Waals surface area contributed by atoms with E-state index in [1.165, 1.54) is 16.3 Å². The van der Waals surface area contributed by atoms with Gasteiger partial charge in [-0.15, -0.1) is 11.3 Å². The molecule has 1 heterocycles. The molecule has 1 aromatic heterocycles. The zero-order chi connectivity index (χ0) is 20.4. The fourth-order valence-electron chi connectivity index (χ4n) is 3.45. The van der Waals surface area contributed by atoms with Gasteiger partial charge in [0.1, 0.15) is 0 Å². The van der Waals surface area contributed by atoms with Gasteiger partial charge in [0, 0.05) is 22.0 Å². The Balaban J connectivity index is 1.49. The Morgan fingerprint density at radius 1 is 1.07 bits per heavy atom. The Kier molecular flexibility index (Phi) is 5.65. The van der Waals surface area contributed by atoms with Gasteiger partial charge < -0.3 is 5.32 Å². The Bertz CT molecular complexity index is 1190. The van der Waals surface area contributed by atoms with Crippen LogP contribution in [0.5, 0.6) is 0 Å². The van der Waals surface area contributed by atoms with Crippen LogP contribution < -0.4 is 5.32 Å². The molecule has 0 saturated carbocycles. The van der Waals surface area contributed by atoms with Crippen LogP contribution in [-0.2, 0) is 17.6 Å². The van der Waals surface area contributed by atoms with Gasteiger partial charge in [-0.1, -0.05) is 54.1 Å². The number of benzene rings is 3. The SMILES string of the molecule is Cc1cc(Cl)ccc1NC(=O)Cc1sc(Cc2cccc3ccccc23)nc1C. The molecule has 0 bridgehead atoms. The second-order valence-electron chi connectivity index (χ2n) is 7.12. The summed E-state index contributed by atoms with van der Waals surface area (Å²) in [5.41, 5.74) is 3.92. The molecule has 0 aliphatic carbocycles. The molecule has 0 atom stereocenters. The Labute approximate surface area is 179 Å². The molecule has 0 unspecified atom stereocenters. The summed E-state index contributed by atoms with van der Waals surface area (Å²) in [5.74, 6) is -0.0427. The molecule has 0 spiro atoms. The quantitative estimate of drug-likeness (QED) is 0.409. The van der Waals surface area contributed by atoms with Crippen molar-refractivity contribution in [3.05, 3.63) is 92.4 Å². The minimum Gasteiger partial charge on any atom is -0.326 e. The molecule has 146 valence electrons. The van der Waals surface area contributed by atoms with Crippen molar-refractivity contribution in [3.63, 3.8) is 0 Å². The fraction of sp³-hybridized carbons (Fsp3) is 0.167. The van der Waals surface area contributed by atoms with Crippen LogP contribution >= 0.6 is 22.9 Å². The second-order valence-corrected chi connectivity index (χ2v) is 8.72.